The zero-order chi connectivity index (χ0) is 34.7. The predicted octanol–water partition coefficient (Wildman–Crippen LogP) is 11.6. The van der Waals surface area contributed by atoms with Crippen LogP contribution in [0.1, 0.15) is 26.3 Å². The molecular weight excluding hydrogens is 643 g/mol. The molecule has 248 valence electrons. The minimum atomic E-state index is -0.0775. The standard InChI is InChI=1S/C45H31N5O2/c1-45(2,3)26-20-22-46-34(23-26)41-43-33(40-32-14-10-13-31-29-12-5-7-16-36(29)50(42(31)32)44(40)52-43)25-39(48-41)51-27-18-19-30-28-11-4-6-15-35(28)49(37(30)24-27)38-17-8-9-21-47-38/h4-25H,1-3H3. The van der Waals surface area contributed by atoms with Crippen LogP contribution in [0.25, 0.3) is 88.3 Å². The van der Waals surface area contributed by atoms with Gasteiger partial charge in [-0.1, -0.05) is 81.4 Å². The third-order valence-corrected chi connectivity index (χ3v) is 10.4. The molecule has 7 heterocycles. The number of hydrogen-bond acceptors (Lipinski definition) is 5. The van der Waals surface area contributed by atoms with Crippen LogP contribution in [0.15, 0.2) is 138 Å². The molecule has 0 atom stereocenters. The van der Waals surface area contributed by atoms with Gasteiger partial charge in [0.05, 0.1) is 33.1 Å². The molecule has 0 radical (unpaired) electrons. The van der Waals surface area contributed by atoms with Gasteiger partial charge in [0, 0.05) is 56.8 Å². The van der Waals surface area contributed by atoms with E-state index in [1.165, 1.54) is 10.8 Å². The number of hydrogen-bond donors (Lipinski definition) is 0. The maximum Gasteiger partial charge on any atom is 0.220 e. The Hall–Kier alpha value is -6.73. The summed E-state index contributed by atoms with van der Waals surface area (Å²) >= 11 is 0. The number of nitrogens with zero attached hydrogens (tertiary/aromatic N) is 5. The molecule has 0 aliphatic heterocycles. The van der Waals surface area contributed by atoms with E-state index in [-0.39, 0.29) is 5.41 Å². The van der Waals surface area contributed by atoms with Gasteiger partial charge in [0.2, 0.25) is 11.6 Å². The summed E-state index contributed by atoms with van der Waals surface area (Å²) in [5, 5.41) is 7.77. The van der Waals surface area contributed by atoms with Crippen molar-refractivity contribution in [2.75, 3.05) is 0 Å². The third kappa shape index (κ3) is 4.04. The summed E-state index contributed by atoms with van der Waals surface area (Å²) in [7, 11) is 0. The number of fused-ring (bicyclic) bond motifs is 11. The molecule has 11 aromatic rings. The smallest absolute Gasteiger partial charge is 0.220 e. The highest BCUT2D eigenvalue weighted by atomic mass is 16.5. The van der Waals surface area contributed by atoms with Crippen molar-refractivity contribution >= 4 is 71.1 Å². The number of aromatic nitrogens is 5. The van der Waals surface area contributed by atoms with Crippen LogP contribution in [0.3, 0.4) is 0 Å². The predicted molar refractivity (Wildman–Crippen MR) is 209 cm³/mol. The highest BCUT2D eigenvalue weighted by Gasteiger charge is 2.26. The van der Waals surface area contributed by atoms with Crippen LogP contribution in [0.2, 0.25) is 0 Å². The fourth-order valence-electron chi connectivity index (χ4n) is 8.03. The summed E-state index contributed by atoms with van der Waals surface area (Å²) in [4.78, 5) is 14.7. The van der Waals surface area contributed by atoms with E-state index >= 15 is 0 Å². The number of benzene rings is 4. The van der Waals surface area contributed by atoms with Crippen molar-refractivity contribution in [3.8, 4) is 28.8 Å². The Kier molecular flexibility index (Phi) is 5.81. The second-order valence-corrected chi connectivity index (χ2v) is 14.5. The maximum absolute atomic E-state index is 6.92. The molecule has 7 aromatic heterocycles. The molecule has 0 bridgehead atoms. The van der Waals surface area contributed by atoms with Gasteiger partial charge < -0.3 is 9.15 Å². The van der Waals surface area contributed by atoms with Crippen LogP contribution >= 0.6 is 0 Å². The number of furan rings is 1. The van der Waals surface area contributed by atoms with Gasteiger partial charge in [-0.25, -0.2) is 9.97 Å². The van der Waals surface area contributed by atoms with Gasteiger partial charge in [0.1, 0.15) is 17.3 Å². The van der Waals surface area contributed by atoms with Crippen molar-refractivity contribution in [3.05, 3.63) is 139 Å². The fraction of sp³-hybridized carbons (Fsp3) is 0.0889. The van der Waals surface area contributed by atoms with E-state index in [9.17, 15) is 0 Å². The van der Waals surface area contributed by atoms with E-state index in [2.05, 4.69) is 121 Å². The molecule has 0 aliphatic carbocycles. The lowest BCUT2D eigenvalue weighted by Gasteiger charge is -2.19. The van der Waals surface area contributed by atoms with Crippen LogP contribution < -0.4 is 4.74 Å². The Morgan fingerprint density at radius 1 is 0.615 bits per heavy atom. The molecule has 0 saturated carbocycles. The van der Waals surface area contributed by atoms with E-state index in [0.717, 1.165) is 71.8 Å². The van der Waals surface area contributed by atoms with Gasteiger partial charge in [-0.2, -0.15) is 0 Å². The number of ether oxygens (including phenoxy) is 1. The summed E-state index contributed by atoms with van der Waals surface area (Å²) in [6.45, 7) is 6.61. The van der Waals surface area contributed by atoms with Gasteiger partial charge in [-0.15, -0.1) is 0 Å². The summed E-state index contributed by atoms with van der Waals surface area (Å²) in [5.41, 5.74) is 8.27. The molecule has 0 aliphatic rings. The highest BCUT2D eigenvalue weighted by Crippen LogP contribution is 2.46. The van der Waals surface area contributed by atoms with Crippen molar-refractivity contribution in [1.29, 1.82) is 0 Å². The molecule has 0 spiro atoms. The van der Waals surface area contributed by atoms with Gasteiger partial charge in [0.15, 0.2) is 5.58 Å². The Bertz CT molecular complexity index is 3200. The van der Waals surface area contributed by atoms with Crippen molar-refractivity contribution in [3.63, 3.8) is 0 Å². The molecule has 0 unspecified atom stereocenters. The minimum Gasteiger partial charge on any atom is -0.439 e. The van der Waals surface area contributed by atoms with E-state index in [0.29, 0.717) is 22.9 Å². The van der Waals surface area contributed by atoms with Crippen LogP contribution in [0.5, 0.6) is 11.6 Å². The summed E-state index contributed by atoms with van der Waals surface area (Å²) in [5.74, 6) is 1.97. The van der Waals surface area contributed by atoms with Gasteiger partial charge in [0.25, 0.3) is 0 Å². The lowest BCUT2D eigenvalue weighted by molar-refractivity contribution is 0.464. The Morgan fingerprint density at radius 2 is 1.37 bits per heavy atom. The first-order valence-corrected chi connectivity index (χ1v) is 17.5. The molecule has 0 fully saturated rings. The van der Waals surface area contributed by atoms with Crippen LogP contribution in [-0.2, 0) is 5.41 Å². The first-order valence-electron chi connectivity index (χ1n) is 17.5. The van der Waals surface area contributed by atoms with Crippen molar-refractivity contribution in [1.82, 2.24) is 23.9 Å². The first kappa shape index (κ1) is 29.0. The molecule has 0 amide bonds. The molecule has 4 aromatic carbocycles. The molecule has 7 nitrogen and oxygen atoms in total. The van der Waals surface area contributed by atoms with Crippen molar-refractivity contribution in [2.24, 2.45) is 0 Å². The fourth-order valence-corrected chi connectivity index (χ4v) is 8.03. The van der Waals surface area contributed by atoms with Gasteiger partial charge in [-0.05, 0) is 59.5 Å². The Balaban J connectivity index is 1.17. The molecule has 0 N–H and O–H groups in total. The molecule has 52 heavy (non-hydrogen) atoms. The molecular formula is C45H31N5O2. The van der Waals surface area contributed by atoms with E-state index in [1.54, 1.807) is 0 Å². The lowest BCUT2D eigenvalue weighted by atomic mass is 9.87. The average Bonchev–Trinajstić information content (AvgIpc) is 3.90. The second kappa shape index (κ2) is 10.4. The normalized spacial score (nSPS) is 12.5. The lowest BCUT2D eigenvalue weighted by Crippen LogP contribution is -2.11. The summed E-state index contributed by atoms with van der Waals surface area (Å²) in [6.07, 6.45) is 3.68. The number of pyridine rings is 3. The Morgan fingerprint density at radius 3 is 2.19 bits per heavy atom. The highest BCUT2D eigenvalue weighted by molar-refractivity contribution is 6.28. The van der Waals surface area contributed by atoms with Gasteiger partial charge >= 0.3 is 0 Å². The van der Waals surface area contributed by atoms with Gasteiger partial charge in [-0.3, -0.25) is 14.0 Å². The summed E-state index contributed by atoms with van der Waals surface area (Å²) in [6, 6.07) is 41.8. The molecule has 0 saturated heterocycles. The zero-order valence-electron chi connectivity index (χ0n) is 28.8. The van der Waals surface area contributed by atoms with E-state index < -0.39 is 0 Å². The zero-order valence-corrected chi connectivity index (χ0v) is 28.8. The molecule has 7 heteroatoms. The first-order chi connectivity index (χ1) is 25.4. The largest absolute Gasteiger partial charge is 0.439 e. The average molecular weight is 674 g/mol. The topological polar surface area (TPSA) is 70.4 Å². The maximum atomic E-state index is 6.92. The second-order valence-electron chi connectivity index (χ2n) is 14.5. The van der Waals surface area contributed by atoms with Crippen molar-refractivity contribution < 1.29 is 9.15 Å². The Labute approximate surface area is 297 Å². The van der Waals surface area contributed by atoms with Crippen molar-refractivity contribution in [2.45, 2.75) is 26.2 Å². The van der Waals surface area contributed by atoms with Crippen LogP contribution in [0, 0.1) is 0 Å². The third-order valence-electron chi connectivity index (χ3n) is 10.4. The SMILES string of the molecule is CC(C)(C)c1ccnc(-c2nc(Oc3ccc4c5ccccc5n(-c5ccccn5)c4c3)cc3c2oc2c3c3cccc4c5ccccc5n2c43)c1. The number of para-hydroxylation sites is 3. The number of rotatable bonds is 4. The van der Waals surface area contributed by atoms with Crippen LogP contribution in [-0.4, -0.2) is 23.9 Å². The van der Waals surface area contributed by atoms with Crippen LogP contribution in [0.4, 0.5) is 0 Å². The van der Waals surface area contributed by atoms with E-state index in [1.807, 2.05) is 42.7 Å². The minimum absolute atomic E-state index is 0.0775. The quantitative estimate of drug-likeness (QED) is 0.186. The van der Waals surface area contributed by atoms with E-state index in [4.69, 9.17) is 24.1 Å². The molecule has 11 rings (SSSR count). The summed E-state index contributed by atoms with van der Waals surface area (Å²) < 4.78 is 18.1. The monoisotopic (exact) mass is 673 g/mol.